The molecule has 0 bridgehead atoms. The summed E-state index contributed by atoms with van der Waals surface area (Å²) in [6.07, 6.45) is 4.21. The predicted molar refractivity (Wildman–Crippen MR) is 102 cm³/mol. The van der Waals surface area contributed by atoms with E-state index in [2.05, 4.69) is 14.9 Å². The Balaban J connectivity index is 1.36. The number of aromatic nitrogens is 3. The van der Waals surface area contributed by atoms with Crippen molar-refractivity contribution < 1.29 is 4.39 Å². The van der Waals surface area contributed by atoms with Gasteiger partial charge in [0.2, 0.25) is 0 Å². The molecule has 27 heavy (non-hydrogen) atoms. The summed E-state index contributed by atoms with van der Waals surface area (Å²) in [5.41, 5.74) is 0.564. The van der Waals surface area contributed by atoms with Crippen LogP contribution in [-0.2, 0) is 26.2 Å². The van der Waals surface area contributed by atoms with Gasteiger partial charge in [-0.05, 0) is 25.0 Å². The van der Waals surface area contributed by atoms with E-state index in [1.54, 1.807) is 16.8 Å². The van der Waals surface area contributed by atoms with Crippen LogP contribution in [0.2, 0.25) is 5.02 Å². The van der Waals surface area contributed by atoms with Gasteiger partial charge in [-0.3, -0.25) is 14.4 Å². The van der Waals surface area contributed by atoms with E-state index in [0.29, 0.717) is 23.8 Å². The van der Waals surface area contributed by atoms with Crippen LogP contribution in [-0.4, -0.2) is 50.3 Å². The van der Waals surface area contributed by atoms with Crippen LogP contribution >= 0.6 is 11.6 Å². The molecule has 1 saturated heterocycles. The van der Waals surface area contributed by atoms with Gasteiger partial charge in [0.05, 0.1) is 6.67 Å². The largest absolute Gasteiger partial charge is 0.347 e. The Morgan fingerprint density at radius 2 is 1.81 bits per heavy atom. The third-order valence-corrected chi connectivity index (χ3v) is 5.88. The number of fused-ring (bicyclic) bond motifs is 1. The number of rotatable bonds is 4. The first-order valence-corrected chi connectivity index (χ1v) is 10.0. The predicted octanol–water partition coefficient (Wildman–Crippen LogP) is 2.34. The molecule has 2 aliphatic heterocycles. The van der Waals surface area contributed by atoms with E-state index in [4.69, 9.17) is 11.6 Å². The van der Waals surface area contributed by atoms with Gasteiger partial charge in [0.25, 0.3) is 0 Å². The van der Waals surface area contributed by atoms with Crippen molar-refractivity contribution in [2.75, 3.05) is 26.2 Å². The monoisotopic (exact) mass is 393 g/mol. The van der Waals surface area contributed by atoms with Crippen LogP contribution in [0, 0.1) is 5.82 Å². The summed E-state index contributed by atoms with van der Waals surface area (Å²) in [5, 5.41) is 5.03. The summed E-state index contributed by atoms with van der Waals surface area (Å²) in [6, 6.07) is 4.81. The molecule has 4 rings (SSSR count). The zero-order chi connectivity index (χ0) is 18.8. The van der Waals surface area contributed by atoms with Gasteiger partial charge in [-0.25, -0.2) is 9.18 Å². The SMILES string of the molecule is O=c1n(CN2CCN(Cc3c(F)cccc3Cl)CC2)nc2n1CCCCC2. The number of halogens is 2. The van der Waals surface area contributed by atoms with Gasteiger partial charge in [0, 0.05) is 56.3 Å². The van der Waals surface area contributed by atoms with Crippen molar-refractivity contribution in [3.05, 3.63) is 50.9 Å². The maximum absolute atomic E-state index is 14.0. The fourth-order valence-corrected chi connectivity index (χ4v) is 4.13. The van der Waals surface area contributed by atoms with E-state index < -0.39 is 0 Å². The Bertz CT molecular complexity index is 836. The summed E-state index contributed by atoms with van der Waals surface area (Å²) in [7, 11) is 0. The third kappa shape index (κ3) is 4.10. The van der Waals surface area contributed by atoms with Gasteiger partial charge >= 0.3 is 5.69 Å². The van der Waals surface area contributed by atoms with Gasteiger partial charge in [-0.1, -0.05) is 24.1 Å². The van der Waals surface area contributed by atoms with E-state index in [0.717, 1.165) is 64.2 Å². The fraction of sp³-hybridized carbons (Fsp3) is 0.579. The second kappa shape index (κ2) is 8.12. The highest BCUT2D eigenvalue weighted by atomic mass is 35.5. The van der Waals surface area contributed by atoms with Crippen LogP contribution in [0.4, 0.5) is 4.39 Å². The molecule has 2 aromatic rings. The van der Waals surface area contributed by atoms with Crippen LogP contribution in [0.1, 0.15) is 30.7 Å². The normalized spacial score (nSPS) is 19.0. The Kier molecular flexibility index (Phi) is 5.61. The molecule has 0 N–H and O–H groups in total. The molecule has 8 heteroatoms. The Morgan fingerprint density at radius 1 is 1.04 bits per heavy atom. The van der Waals surface area contributed by atoms with Crippen molar-refractivity contribution in [2.24, 2.45) is 0 Å². The maximum Gasteiger partial charge on any atom is 0.347 e. The van der Waals surface area contributed by atoms with E-state index >= 15 is 0 Å². The van der Waals surface area contributed by atoms with Crippen LogP contribution in [0.5, 0.6) is 0 Å². The van der Waals surface area contributed by atoms with Gasteiger partial charge in [0.15, 0.2) is 0 Å². The number of nitrogens with zero attached hydrogens (tertiary/aromatic N) is 5. The second-order valence-corrected chi connectivity index (χ2v) is 7.80. The van der Waals surface area contributed by atoms with Crippen LogP contribution in [0.3, 0.4) is 0 Å². The minimum atomic E-state index is -0.254. The van der Waals surface area contributed by atoms with E-state index in [9.17, 15) is 9.18 Å². The summed E-state index contributed by atoms with van der Waals surface area (Å²) in [4.78, 5) is 17.0. The van der Waals surface area contributed by atoms with Gasteiger partial charge in [0.1, 0.15) is 11.6 Å². The van der Waals surface area contributed by atoms with Crippen molar-refractivity contribution in [1.29, 1.82) is 0 Å². The standard InChI is InChI=1S/C19H25ClFN5O/c20-16-5-4-6-17(21)15(16)13-23-9-11-24(12-10-23)14-26-19(27)25-8-3-1-2-7-18(25)22-26/h4-6H,1-3,7-14H2. The second-order valence-electron chi connectivity index (χ2n) is 7.40. The lowest BCUT2D eigenvalue weighted by molar-refractivity contribution is 0.0964. The molecule has 1 fully saturated rings. The molecule has 0 spiro atoms. The maximum atomic E-state index is 14.0. The molecular formula is C19H25ClFN5O. The molecule has 3 heterocycles. The molecule has 6 nitrogen and oxygen atoms in total. The molecule has 2 aliphatic rings. The number of hydrogen-bond donors (Lipinski definition) is 0. The molecule has 0 unspecified atom stereocenters. The minimum absolute atomic E-state index is 0.00691. The van der Waals surface area contributed by atoms with E-state index in [1.165, 1.54) is 6.07 Å². The highest BCUT2D eigenvalue weighted by Crippen LogP contribution is 2.21. The first-order valence-electron chi connectivity index (χ1n) is 9.66. The molecule has 0 atom stereocenters. The van der Waals surface area contributed by atoms with Crippen molar-refractivity contribution >= 4 is 11.6 Å². The van der Waals surface area contributed by atoms with Gasteiger partial charge in [-0.15, -0.1) is 0 Å². The summed E-state index contributed by atoms with van der Waals surface area (Å²) in [5.74, 6) is 0.668. The average molecular weight is 394 g/mol. The molecule has 0 radical (unpaired) electrons. The van der Waals surface area contributed by atoms with Crippen LogP contribution < -0.4 is 5.69 Å². The average Bonchev–Trinajstić information content (AvgIpc) is 2.83. The highest BCUT2D eigenvalue weighted by Gasteiger charge is 2.22. The summed E-state index contributed by atoms with van der Waals surface area (Å²) >= 11 is 6.14. The van der Waals surface area contributed by atoms with Crippen LogP contribution in [0.15, 0.2) is 23.0 Å². The third-order valence-electron chi connectivity index (χ3n) is 5.52. The van der Waals surface area contributed by atoms with E-state index in [1.807, 2.05) is 4.57 Å². The zero-order valence-electron chi connectivity index (χ0n) is 15.4. The minimum Gasteiger partial charge on any atom is -0.296 e. The molecule has 0 amide bonds. The van der Waals surface area contributed by atoms with Crippen LogP contribution in [0.25, 0.3) is 0 Å². The molecule has 1 aromatic carbocycles. The van der Waals surface area contributed by atoms with Crippen molar-refractivity contribution in [1.82, 2.24) is 24.1 Å². The lowest BCUT2D eigenvalue weighted by atomic mass is 10.2. The van der Waals surface area contributed by atoms with Crippen molar-refractivity contribution in [3.8, 4) is 0 Å². The molecule has 1 aromatic heterocycles. The Hall–Kier alpha value is -1.70. The van der Waals surface area contributed by atoms with Gasteiger partial charge in [-0.2, -0.15) is 9.78 Å². The molecular weight excluding hydrogens is 369 g/mol. The van der Waals surface area contributed by atoms with Gasteiger partial charge < -0.3 is 0 Å². The Labute approximate surface area is 163 Å². The van der Waals surface area contributed by atoms with Crippen molar-refractivity contribution in [2.45, 2.75) is 45.4 Å². The first kappa shape index (κ1) is 18.7. The Morgan fingerprint density at radius 3 is 2.59 bits per heavy atom. The molecule has 0 aliphatic carbocycles. The quantitative estimate of drug-likeness (QED) is 0.800. The highest BCUT2D eigenvalue weighted by molar-refractivity contribution is 6.31. The number of hydrogen-bond acceptors (Lipinski definition) is 4. The zero-order valence-corrected chi connectivity index (χ0v) is 16.2. The topological polar surface area (TPSA) is 46.3 Å². The lowest BCUT2D eigenvalue weighted by Crippen LogP contribution is -2.47. The number of aryl methyl sites for hydroxylation is 1. The number of piperazine rings is 1. The smallest absolute Gasteiger partial charge is 0.296 e. The first-order chi connectivity index (χ1) is 13.1. The van der Waals surface area contributed by atoms with Crippen molar-refractivity contribution in [3.63, 3.8) is 0 Å². The van der Waals surface area contributed by atoms with E-state index in [-0.39, 0.29) is 11.5 Å². The molecule has 0 saturated carbocycles. The lowest BCUT2D eigenvalue weighted by Gasteiger charge is -2.34. The summed E-state index contributed by atoms with van der Waals surface area (Å²) in [6.45, 7) is 5.08. The summed E-state index contributed by atoms with van der Waals surface area (Å²) < 4.78 is 17.4. The fourth-order valence-electron chi connectivity index (χ4n) is 3.90. The molecule has 146 valence electrons. The number of benzene rings is 1.